The Morgan fingerprint density at radius 2 is 1.68 bits per heavy atom. The Labute approximate surface area is 165 Å². The van der Waals surface area contributed by atoms with E-state index < -0.39 is 11.9 Å². The molecule has 2 aromatic rings. The number of hydrogen-bond donors (Lipinski definition) is 1. The van der Waals surface area contributed by atoms with E-state index in [4.69, 9.17) is 5.11 Å². The van der Waals surface area contributed by atoms with Crippen LogP contribution < -0.4 is 0 Å². The number of aromatic carboxylic acids is 1. The smallest absolute Gasteiger partial charge is 0.337 e. The van der Waals surface area contributed by atoms with Crippen LogP contribution in [0.2, 0.25) is 0 Å². The number of hydrogen-bond acceptors (Lipinski definition) is 6. The lowest BCUT2D eigenvalue weighted by molar-refractivity contribution is -0.121. The van der Waals surface area contributed by atoms with Crippen LogP contribution in [0.3, 0.4) is 0 Å². The van der Waals surface area contributed by atoms with Crippen molar-refractivity contribution in [3.05, 3.63) is 70.1 Å². The van der Waals surface area contributed by atoms with E-state index in [-0.39, 0.29) is 11.5 Å². The third-order valence-corrected chi connectivity index (χ3v) is 5.03. The van der Waals surface area contributed by atoms with Crippen LogP contribution in [0.1, 0.15) is 26.3 Å². The molecule has 0 bridgehead atoms. The Morgan fingerprint density at radius 1 is 1.07 bits per heavy atom. The van der Waals surface area contributed by atoms with Crippen molar-refractivity contribution in [2.75, 3.05) is 14.2 Å². The van der Waals surface area contributed by atoms with Crippen molar-refractivity contribution in [2.24, 2.45) is 4.99 Å². The summed E-state index contributed by atoms with van der Waals surface area (Å²) in [6.45, 7) is 0. The summed E-state index contributed by atoms with van der Waals surface area (Å²) in [5.41, 5.74) is 1.92. The molecule has 0 aromatic heterocycles. The van der Waals surface area contributed by atoms with E-state index in [1.54, 1.807) is 49.5 Å². The maximum Gasteiger partial charge on any atom is 0.337 e. The molecule has 3 rings (SSSR count). The van der Waals surface area contributed by atoms with E-state index in [1.807, 2.05) is 0 Å². The van der Waals surface area contributed by atoms with Gasteiger partial charge in [0, 0.05) is 7.05 Å². The van der Waals surface area contributed by atoms with Crippen molar-refractivity contribution in [3.63, 3.8) is 0 Å². The fraction of sp³-hybridized carbons (Fsp3) is 0.100. The molecule has 0 spiro atoms. The maximum atomic E-state index is 12.5. The zero-order valence-electron chi connectivity index (χ0n) is 15.1. The molecule has 1 aliphatic heterocycles. The van der Waals surface area contributed by atoms with Gasteiger partial charge in [0.05, 0.1) is 28.8 Å². The number of ether oxygens (including phenoxy) is 1. The number of carboxylic acids is 1. The topological polar surface area (TPSA) is 96.3 Å². The van der Waals surface area contributed by atoms with Gasteiger partial charge in [0.1, 0.15) is 0 Å². The lowest BCUT2D eigenvalue weighted by Gasteiger charge is -2.07. The summed E-state index contributed by atoms with van der Waals surface area (Å²) in [4.78, 5) is 41.2. The number of methoxy groups -OCH3 is 1. The average Bonchev–Trinajstić information content (AvgIpc) is 2.96. The fourth-order valence-electron chi connectivity index (χ4n) is 2.43. The number of thioether (sulfide) groups is 1. The van der Waals surface area contributed by atoms with Gasteiger partial charge >= 0.3 is 11.9 Å². The van der Waals surface area contributed by atoms with Gasteiger partial charge in [0.2, 0.25) is 0 Å². The molecule has 142 valence electrons. The van der Waals surface area contributed by atoms with Crippen LogP contribution in [-0.4, -0.2) is 47.2 Å². The molecule has 1 amide bonds. The number of amidine groups is 1. The quantitative estimate of drug-likeness (QED) is 0.628. The number of nitrogens with zero attached hydrogens (tertiary/aromatic N) is 2. The summed E-state index contributed by atoms with van der Waals surface area (Å²) < 4.78 is 4.66. The molecule has 1 saturated heterocycles. The summed E-state index contributed by atoms with van der Waals surface area (Å²) in [5.74, 6) is -1.62. The number of esters is 1. The van der Waals surface area contributed by atoms with Crippen LogP contribution >= 0.6 is 11.8 Å². The number of amides is 1. The summed E-state index contributed by atoms with van der Waals surface area (Å²) >= 11 is 1.22. The van der Waals surface area contributed by atoms with Gasteiger partial charge in [-0.1, -0.05) is 12.1 Å². The van der Waals surface area contributed by atoms with E-state index >= 15 is 0 Å². The van der Waals surface area contributed by atoms with Crippen LogP contribution in [-0.2, 0) is 9.53 Å². The molecular weight excluding hydrogens is 380 g/mol. The highest BCUT2D eigenvalue weighted by Crippen LogP contribution is 2.33. The minimum Gasteiger partial charge on any atom is -0.478 e. The first-order chi connectivity index (χ1) is 13.4. The van der Waals surface area contributed by atoms with Crippen LogP contribution in [0.25, 0.3) is 6.08 Å². The second-order valence-corrected chi connectivity index (χ2v) is 6.84. The lowest BCUT2D eigenvalue weighted by Crippen LogP contribution is -2.23. The van der Waals surface area contributed by atoms with Gasteiger partial charge in [-0.3, -0.25) is 9.69 Å². The molecule has 8 heteroatoms. The zero-order valence-corrected chi connectivity index (χ0v) is 15.9. The molecule has 0 unspecified atom stereocenters. The summed E-state index contributed by atoms with van der Waals surface area (Å²) in [5, 5.41) is 9.44. The first-order valence-corrected chi connectivity index (χ1v) is 8.98. The largest absolute Gasteiger partial charge is 0.478 e. The van der Waals surface area contributed by atoms with Gasteiger partial charge in [0.15, 0.2) is 5.17 Å². The van der Waals surface area contributed by atoms with Crippen molar-refractivity contribution in [1.82, 2.24) is 4.90 Å². The third kappa shape index (κ3) is 4.12. The highest BCUT2D eigenvalue weighted by Gasteiger charge is 2.30. The van der Waals surface area contributed by atoms with E-state index in [9.17, 15) is 14.4 Å². The van der Waals surface area contributed by atoms with E-state index in [0.717, 1.165) is 5.56 Å². The first kappa shape index (κ1) is 19.4. The second-order valence-electron chi connectivity index (χ2n) is 5.83. The Bertz CT molecular complexity index is 994. The Hall–Kier alpha value is -3.39. The van der Waals surface area contributed by atoms with Crippen LogP contribution in [0, 0.1) is 0 Å². The predicted octanol–water partition coefficient (Wildman–Crippen LogP) is 3.41. The van der Waals surface area contributed by atoms with E-state index in [2.05, 4.69) is 9.73 Å². The molecule has 28 heavy (non-hydrogen) atoms. The van der Waals surface area contributed by atoms with Crippen molar-refractivity contribution >= 4 is 46.5 Å². The van der Waals surface area contributed by atoms with Crippen molar-refractivity contribution in [2.45, 2.75) is 0 Å². The molecule has 1 fully saturated rings. The van der Waals surface area contributed by atoms with Crippen LogP contribution in [0.5, 0.6) is 0 Å². The summed E-state index contributed by atoms with van der Waals surface area (Å²) in [6, 6.07) is 12.8. The minimum atomic E-state index is -1.01. The monoisotopic (exact) mass is 396 g/mol. The van der Waals surface area contributed by atoms with Crippen LogP contribution in [0.15, 0.2) is 58.4 Å². The molecule has 0 aliphatic carbocycles. The standard InChI is InChI=1S/C20H16N2O5S/c1-22-17(23)16(11-12-3-5-14(6-4-12)19(26)27-2)28-20(22)21-15-9-7-13(8-10-15)18(24)25/h3-11H,1-2H3,(H,24,25)/b16-11+,21-20?. The van der Waals surface area contributed by atoms with Gasteiger partial charge in [-0.05, 0) is 59.8 Å². The summed E-state index contributed by atoms with van der Waals surface area (Å²) in [7, 11) is 2.94. The predicted molar refractivity (Wildman–Crippen MR) is 107 cm³/mol. The molecule has 1 heterocycles. The van der Waals surface area contributed by atoms with E-state index in [1.165, 1.54) is 35.9 Å². The molecule has 1 N–H and O–H groups in total. The lowest BCUT2D eigenvalue weighted by atomic mass is 10.1. The number of benzene rings is 2. The number of carbonyl (C=O) groups is 3. The zero-order chi connectivity index (χ0) is 20.3. The second kappa shape index (κ2) is 8.10. The SMILES string of the molecule is COC(=O)c1ccc(/C=C2/SC(=Nc3ccc(C(=O)O)cc3)N(C)C2=O)cc1. The highest BCUT2D eigenvalue weighted by atomic mass is 32.2. The Morgan fingerprint density at radius 3 is 2.25 bits per heavy atom. The number of carboxylic acid groups (broad SMARTS) is 1. The van der Waals surface area contributed by atoms with E-state index in [0.29, 0.717) is 21.3 Å². The molecule has 1 aliphatic rings. The Kier molecular flexibility index (Phi) is 5.60. The average molecular weight is 396 g/mol. The molecule has 0 atom stereocenters. The fourth-order valence-corrected chi connectivity index (χ4v) is 3.41. The van der Waals surface area contributed by atoms with Crippen molar-refractivity contribution in [1.29, 1.82) is 0 Å². The molecular formula is C20H16N2O5S. The highest BCUT2D eigenvalue weighted by molar-refractivity contribution is 8.18. The number of likely N-dealkylation sites (N-methyl/N-ethyl adjacent to an activating group) is 1. The molecule has 0 saturated carbocycles. The van der Waals surface area contributed by atoms with Gasteiger partial charge in [-0.25, -0.2) is 14.6 Å². The van der Waals surface area contributed by atoms with Crippen molar-refractivity contribution < 1.29 is 24.2 Å². The molecule has 2 aromatic carbocycles. The van der Waals surface area contributed by atoms with Gasteiger partial charge < -0.3 is 9.84 Å². The Balaban J connectivity index is 1.81. The van der Waals surface area contributed by atoms with Gasteiger partial charge in [-0.15, -0.1) is 0 Å². The number of aliphatic imine (C=N–C) groups is 1. The molecule has 7 nitrogen and oxygen atoms in total. The normalized spacial score (nSPS) is 16.6. The minimum absolute atomic E-state index is 0.170. The van der Waals surface area contributed by atoms with Crippen molar-refractivity contribution in [3.8, 4) is 0 Å². The van der Waals surface area contributed by atoms with Gasteiger partial charge in [-0.2, -0.15) is 0 Å². The first-order valence-electron chi connectivity index (χ1n) is 8.17. The van der Waals surface area contributed by atoms with Crippen LogP contribution in [0.4, 0.5) is 5.69 Å². The van der Waals surface area contributed by atoms with Gasteiger partial charge in [0.25, 0.3) is 5.91 Å². The third-order valence-electron chi connectivity index (χ3n) is 3.97. The number of rotatable bonds is 4. The molecule has 0 radical (unpaired) electrons. The maximum absolute atomic E-state index is 12.5. The number of carbonyl (C=O) groups excluding carboxylic acids is 2. The summed E-state index contributed by atoms with van der Waals surface area (Å²) in [6.07, 6.45) is 1.72.